The van der Waals surface area contributed by atoms with Crippen LogP contribution in [0.3, 0.4) is 0 Å². The lowest BCUT2D eigenvalue weighted by atomic mass is 10.1. The maximum Gasteiger partial charge on any atom is 0.255 e. The Morgan fingerprint density at radius 1 is 1.04 bits per heavy atom. The van der Waals surface area contributed by atoms with E-state index in [1.807, 2.05) is 0 Å². The molecule has 2 N–H and O–H groups in total. The molecule has 0 fully saturated rings. The van der Waals surface area contributed by atoms with Crippen LogP contribution in [0.25, 0.3) is 0 Å². The van der Waals surface area contributed by atoms with Crippen LogP contribution in [0.5, 0.6) is 0 Å². The second-order valence-electron chi connectivity index (χ2n) is 5.40. The molecule has 126 valence electrons. The number of rotatable bonds is 5. The first kappa shape index (κ1) is 17.6. The molecule has 2 aromatic rings. The smallest absolute Gasteiger partial charge is 0.255 e. The largest absolute Gasteiger partial charge is 0.321 e. The molecule has 0 radical (unpaired) electrons. The van der Waals surface area contributed by atoms with Gasteiger partial charge in [0.15, 0.2) is 5.82 Å². The molecule has 0 bridgehead atoms. The van der Waals surface area contributed by atoms with Crippen molar-refractivity contribution in [1.29, 1.82) is 0 Å². The predicted molar refractivity (Wildman–Crippen MR) is 88.8 cm³/mol. The van der Waals surface area contributed by atoms with E-state index in [2.05, 4.69) is 10.6 Å². The topological polar surface area (TPSA) is 58.2 Å². The summed E-state index contributed by atoms with van der Waals surface area (Å²) in [5, 5.41) is 4.62. The second-order valence-corrected chi connectivity index (χ2v) is 5.40. The van der Waals surface area contributed by atoms with Crippen LogP contribution in [-0.2, 0) is 4.79 Å². The van der Waals surface area contributed by atoms with Gasteiger partial charge in [-0.3, -0.25) is 9.59 Å². The third-order valence-electron chi connectivity index (χ3n) is 3.68. The Balaban J connectivity index is 2.25. The molecule has 1 atom stereocenters. The molecule has 0 heterocycles. The average Bonchev–Trinajstić information content (AvgIpc) is 2.60. The number of nitrogens with one attached hydrogen (secondary N) is 2. The van der Waals surface area contributed by atoms with E-state index in [1.165, 1.54) is 0 Å². The van der Waals surface area contributed by atoms with Gasteiger partial charge in [-0.25, -0.2) is 8.78 Å². The quantitative estimate of drug-likeness (QED) is 0.862. The molecule has 0 saturated carbocycles. The fourth-order valence-electron chi connectivity index (χ4n) is 1.98. The van der Waals surface area contributed by atoms with Crippen LogP contribution in [0.4, 0.5) is 20.2 Å². The molecular formula is C18H18F2N2O2. The molecule has 6 heteroatoms. The maximum absolute atomic E-state index is 14.5. The molecule has 0 aliphatic carbocycles. The maximum atomic E-state index is 14.5. The molecular weight excluding hydrogens is 314 g/mol. The van der Waals surface area contributed by atoms with Crippen molar-refractivity contribution in [1.82, 2.24) is 0 Å². The van der Waals surface area contributed by atoms with E-state index in [9.17, 15) is 18.4 Å². The molecule has 0 aromatic heterocycles. The average molecular weight is 332 g/mol. The van der Waals surface area contributed by atoms with Crippen molar-refractivity contribution in [3.05, 3.63) is 59.7 Å². The van der Waals surface area contributed by atoms with Gasteiger partial charge >= 0.3 is 0 Å². The molecule has 0 spiro atoms. The van der Waals surface area contributed by atoms with Crippen LogP contribution in [0.15, 0.2) is 42.5 Å². The summed E-state index contributed by atoms with van der Waals surface area (Å²) >= 11 is 0. The molecule has 0 aliphatic rings. The SMILES string of the molecule is CCC(C)C(=O)Nc1c(F)ccc(NC(=O)c2ccccc2)c1F. The minimum absolute atomic E-state index is 0.204. The number of halogens is 2. The van der Waals surface area contributed by atoms with Gasteiger partial charge in [0.2, 0.25) is 5.91 Å². The van der Waals surface area contributed by atoms with Gasteiger partial charge in [0.25, 0.3) is 5.91 Å². The van der Waals surface area contributed by atoms with Crippen molar-refractivity contribution < 1.29 is 18.4 Å². The molecule has 4 nitrogen and oxygen atoms in total. The zero-order valence-electron chi connectivity index (χ0n) is 13.4. The van der Waals surface area contributed by atoms with E-state index >= 15 is 0 Å². The molecule has 2 amide bonds. The Labute approximate surface area is 138 Å². The summed E-state index contributed by atoms with van der Waals surface area (Å²) < 4.78 is 28.3. The van der Waals surface area contributed by atoms with Gasteiger partial charge in [-0.1, -0.05) is 32.0 Å². The van der Waals surface area contributed by atoms with Gasteiger partial charge in [-0.05, 0) is 30.7 Å². The van der Waals surface area contributed by atoms with Crippen LogP contribution < -0.4 is 10.6 Å². The summed E-state index contributed by atoms with van der Waals surface area (Å²) in [6.07, 6.45) is 0.541. The number of amides is 2. The molecule has 2 aromatic carbocycles. The Morgan fingerprint density at radius 2 is 1.71 bits per heavy atom. The highest BCUT2D eigenvalue weighted by Gasteiger charge is 2.20. The number of benzene rings is 2. The lowest BCUT2D eigenvalue weighted by molar-refractivity contribution is -0.119. The zero-order valence-corrected chi connectivity index (χ0v) is 13.4. The summed E-state index contributed by atoms with van der Waals surface area (Å²) in [6.45, 7) is 3.46. The van der Waals surface area contributed by atoms with E-state index in [4.69, 9.17) is 0 Å². The van der Waals surface area contributed by atoms with Gasteiger partial charge in [0.05, 0.1) is 5.69 Å². The third-order valence-corrected chi connectivity index (χ3v) is 3.68. The van der Waals surface area contributed by atoms with E-state index in [1.54, 1.807) is 44.2 Å². The molecule has 2 rings (SSSR count). The fraction of sp³-hybridized carbons (Fsp3) is 0.222. The Hall–Kier alpha value is -2.76. The van der Waals surface area contributed by atoms with Crippen molar-refractivity contribution in [2.45, 2.75) is 20.3 Å². The first-order valence-corrected chi connectivity index (χ1v) is 7.59. The number of hydrogen-bond donors (Lipinski definition) is 2. The second kappa shape index (κ2) is 7.68. The lowest BCUT2D eigenvalue weighted by Gasteiger charge is -2.14. The Bertz CT molecular complexity index is 748. The number of carbonyl (C=O) groups is 2. The summed E-state index contributed by atoms with van der Waals surface area (Å²) in [5.74, 6) is -3.31. The predicted octanol–water partition coefficient (Wildman–Crippen LogP) is 4.20. The summed E-state index contributed by atoms with van der Waals surface area (Å²) in [7, 11) is 0. The molecule has 0 saturated heterocycles. The summed E-state index contributed by atoms with van der Waals surface area (Å²) in [6, 6.07) is 10.4. The lowest BCUT2D eigenvalue weighted by Crippen LogP contribution is -2.22. The van der Waals surface area contributed by atoms with Gasteiger partial charge < -0.3 is 10.6 Å². The van der Waals surface area contributed by atoms with E-state index in [0.29, 0.717) is 12.0 Å². The van der Waals surface area contributed by atoms with Crippen LogP contribution in [0.2, 0.25) is 0 Å². The molecule has 0 aliphatic heterocycles. The minimum Gasteiger partial charge on any atom is -0.321 e. The highest BCUT2D eigenvalue weighted by Crippen LogP contribution is 2.27. The third kappa shape index (κ3) is 3.95. The standard InChI is InChI=1S/C18H18F2N2O2/c1-3-11(2)17(23)22-16-13(19)9-10-14(15(16)20)21-18(24)12-7-5-4-6-8-12/h4-11H,3H2,1-2H3,(H,21,24)(H,22,23). The van der Waals surface area contributed by atoms with Crippen molar-refractivity contribution in [2.24, 2.45) is 5.92 Å². The Morgan fingerprint density at radius 3 is 2.33 bits per heavy atom. The monoisotopic (exact) mass is 332 g/mol. The Kier molecular flexibility index (Phi) is 5.63. The zero-order chi connectivity index (χ0) is 17.7. The number of carbonyl (C=O) groups excluding carboxylic acids is 2. The van der Waals surface area contributed by atoms with Gasteiger partial charge in [-0.2, -0.15) is 0 Å². The van der Waals surface area contributed by atoms with Crippen molar-refractivity contribution in [2.75, 3.05) is 10.6 Å². The minimum atomic E-state index is -1.02. The van der Waals surface area contributed by atoms with Gasteiger partial charge in [0, 0.05) is 11.5 Å². The fourth-order valence-corrected chi connectivity index (χ4v) is 1.98. The molecule has 24 heavy (non-hydrogen) atoms. The van der Waals surface area contributed by atoms with Crippen LogP contribution in [-0.4, -0.2) is 11.8 Å². The van der Waals surface area contributed by atoms with Crippen LogP contribution >= 0.6 is 0 Å². The van der Waals surface area contributed by atoms with Crippen molar-refractivity contribution in [3.8, 4) is 0 Å². The first-order valence-electron chi connectivity index (χ1n) is 7.59. The van der Waals surface area contributed by atoms with E-state index in [0.717, 1.165) is 12.1 Å². The van der Waals surface area contributed by atoms with Crippen LogP contribution in [0.1, 0.15) is 30.6 Å². The van der Waals surface area contributed by atoms with Crippen molar-refractivity contribution >= 4 is 23.2 Å². The van der Waals surface area contributed by atoms with Gasteiger partial charge in [0.1, 0.15) is 11.5 Å². The first-order chi connectivity index (χ1) is 11.4. The van der Waals surface area contributed by atoms with E-state index < -0.39 is 29.1 Å². The summed E-state index contributed by atoms with van der Waals surface area (Å²) in [5.41, 5.74) is -0.428. The highest BCUT2D eigenvalue weighted by molar-refractivity contribution is 6.04. The highest BCUT2D eigenvalue weighted by atomic mass is 19.1. The van der Waals surface area contributed by atoms with Crippen LogP contribution in [0, 0.1) is 17.6 Å². The van der Waals surface area contributed by atoms with Crippen molar-refractivity contribution in [3.63, 3.8) is 0 Å². The summed E-state index contributed by atoms with van der Waals surface area (Å²) in [4.78, 5) is 24.0. The number of anilines is 2. The molecule has 1 unspecified atom stereocenters. The normalized spacial score (nSPS) is 11.7. The number of hydrogen-bond acceptors (Lipinski definition) is 2. The van der Waals surface area contributed by atoms with E-state index in [-0.39, 0.29) is 11.6 Å². The van der Waals surface area contributed by atoms with Gasteiger partial charge in [-0.15, -0.1) is 0 Å².